The topological polar surface area (TPSA) is 52.1 Å². The molecule has 0 spiro atoms. The van der Waals surface area contributed by atoms with Crippen molar-refractivity contribution in [3.05, 3.63) is 59.3 Å². The van der Waals surface area contributed by atoms with Crippen molar-refractivity contribution in [3.8, 4) is 5.75 Å². The number of nitrogens with zero attached hydrogens (tertiary/aromatic N) is 2. The molecule has 1 aromatic heterocycles. The highest BCUT2D eigenvalue weighted by Gasteiger charge is 2.02. The second-order valence-electron chi connectivity index (χ2n) is 3.99. The lowest BCUT2D eigenvalue weighted by atomic mass is 10.1. The lowest BCUT2D eigenvalue weighted by Crippen LogP contribution is -1.94. The van der Waals surface area contributed by atoms with Crippen molar-refractivity contribution in [1.82, 2.24) is 9.97 Å². The van der Waals surface area contributed by atoms with Gasteiger partial charge in [0.05, 0.1) is 7.11 Å². The Morgan fingerprint density at radius 2 is 2.00 bits per heavy atom. The molecule has 0 aliphatic rings. The van der Waals surface area contributed by atoms with Gasteiger partial charge in [0.25, 0.3) is 0 Å². The molecule has 0 bridgehead atoms. The number of hydrogen-bond acceptors (Lipinski definition) is 5. The highest BCUT2D eigenvalue weighted by atomic mass is 32.2. The number of allylic oxidation sites excluding steroid dienone is 1. The first-order valence-corrected chi connectivity index (χ1v) is 6.88. The summed E-state index contributed by atoms with van der Waals surface area (Å²) in [6, 6.07) is 8.82. The van der Waals surface area contributed by atoms with Gasteiger partial charge in [0, 0.05) is 17.5 Å². The Kier molecular flexibility index (Phi) is 4.90. The SMILES string of the molecule is COc1ccc(C(=O)C=CSc2nccc(C)n2)cc1. The lowest BCUT2D eigenvalue weighted by molar-refractivity contribution is 0.104. The molecule has 0 radical (unpaired) electrons. The van der Waals surface area contributed by atoms with Crippen molar-refractivity contribution >= 4 is 17.5 Å². The first kappa shape index (κ1) is 14.3. The van der Waals surface area contributed by atoms with Gasteiger partial charge in [-0.3, -0.25) is 4.79 Å². The van der Waals surface area contributed by atoms with E-state index >= 15 is 0 Å². The minimum atomic E-state index is -0.0622. The Balaban J connectivity index is 1.98. The number of ketones is 1. The molecule has 2 rings (SSSR count). The third-order valence-corrected chi connectivity index (χ3v) is 3.22. The van der Waals surface area contributed by atoms with Gasteiger partial charge < -0.3 is 4.74 Å². The number of rotatable bonds is 5. The van der Waals surface area contributed by atoms with E-state index < -0.39 is 0 Å². The van der Waals surface area contributed by atoms with Crippen LogP contribution in [0, 0.1) is 6.92 Å². The Labute approximate surface area is 121 Å². The normalized spacial score (nSPS) is 10.7. The number of ether oxygens (including phenoxy) is 1. The summed E-state index contributed by atoms with van der Waals surface area (Å²) in [4.78, 5) is 20.3. The van der Waals surface area contributed by atoms with Crippen molar-refractivity contribution in [2.75, 3.05) is 7.11 Å². The maximum absolute atomic E-state index is 11.9. The molecule has 1 heterocycles. The smallest absolute Gasteiger partial charge is 0.192 e. The zero-order chi connectivity index (χ0) is 14.4. The maximum Gasteiger partial charge on any atom is 0.192 e. The predicted molar refractivity (Wildman–Crippen MR) is 79.1 cm³/mol. The van der Waals surface area contributed by atoms with Crippen LogP contribution in [0.15, 0.2) is 53.2 Å². The number of methoxy groups -OCH3 is 1. The summed E-state index contributed by atoms with van der Waals surface area (Å²) in [5.41, 5.74) is 1.52. The van der Waals surface area contributed by atoms with Gasteiger partial charge >= 0.3 is 0 Å². The molecule has 0 aliphatic carbocycles. The van der Waals surface area contributed by atoms with Crippen molar-refractivity contribution < 1.29 is 9.53 Å². The van der Waals surface area contributed by atoms with Crippen LogP contribution in [0.3, 0.4) is 0 Å². The van der Waals surface area contributed by atoms with Crippen LogP contribution in [-0.2, 0) is 0 Å². The van der Waals surface area contributed by atoms with Gasteiger partial charge in [-0.05, 0) is 48.7 Å². The Morgan fingerprint density at radius 1 is 1.25 bits per heavy atom. The number of carbonyl (C=O) groups excluding carboxylic acids is 1. The van der Waals surface area contributed by atoms with Gasteiger partial charge in [-0.1, -0.05) is 11.8 Å². The molecule has 0 N–H and O–H groups in total. The minimum absolute atomic E-state index is 0.0622. The Morgan fingerprint density at radius 3 is 2.65 bits per heavy atom. The molecule has 0 saturated carbocycles. The minimum Gasteiger partial charge on any atom is -0.497 e. The van der Waals surface area contributed by atoms with E-state index in [0.29, 0.717) is 10.7 Å². The molecule has 102 valence electrons. The van der Waals surface area contributed by atoms with E-state index in [1.807, 2.05) is 13.0 Å². The molecule has 2 aromatic rings. The van der Waals surface area contributed by atoms with E-state index in [1.54, 1.807) is 43.0 Å². The summed E-state index contributed by atoms with van der Waals surface area (Å²) in [6.45, 7) is 1.90. The van der Waals surface area contributed by atoms with Gasteiger partial charge in [0.15, 0.2) is 10.9 Å². The quantitative estimate of drug-likeness (QED) is 0.365. The summed E-state index contributed by atoms with van der Waals surface area (Å²) in [6.07, 6.45) is 3.21. The molecule has 1 aromatic carbocycles. The zero-order valence-corrected chi connectivity index (χ0v) is 12.1. The molecule has 0 unspecified atom stereocenters. The average Bonchev–Trinajstić information content (AvgIpc) is 2.47. The standard InChI is InChI=1S/C15H14N2O2S/c1-11-7-9-16-15(17-11)20-10-8-14(18)12-3-5-13(19-2)6-4-12/h3-10H,1-2H3. The van der Waals surface area contributed by atoms with Crippen molar-refractivity contribution in [1.29, 1.82) is 0 Å². The summed E-state index contributed by atoms with van der Waals surface area (Å²) >= 11 is 1.32. The van der Waals surface area contributed by atoms with Crippen LogP contribution in [0.25, 0.3) is 0 Å². The summed E-state index contributed by atoms with van der Waals surface area (Å²) in [5, 5.41) is 2.32. The molecule has 0 atom stereocenters. The van der Waals surface area contributed by atoms with Gasteiger partial charge in [-0.15, -0.1) is 0 Å². The van der Waals surface area contributed by atoms with Crippen LogP contribution in [0.1, 0.15) is 16.1 Å². The summed E-state index contributed by atoms with van der Waals surface area (Å²) < 4.78 is 5.05. The second kappa shape index (κ2) is 6.86. The first-order valence-electron chi connectivity index (χ1n) is 6.00. The molecule has 0 fully saturated rings. The van der Waals surface area contributed by atoms with Crippen LogP contribution in [-0.4, -0.2) is 22.9 Å². The molecule has 4 nitrogen and oxygen atoms in total. The van der Waals surface area contributed by atoms with Gasteiger partial charge in [-0.25, -0.2) is 9.97 Å². The highest BCUT2D eigenvalue weighted by Crippen LogP contribution is 2.15. The molecule has 0 saturated heterocycles. The van der Waals surface area contributed by atoms with Crippen molar-refractivity contribution in [2.45, 2.75) is 12.1 Å². The van der Waals surface area contributed by atoms with E-state index in [0.717, 1.165) is 11.4 Å². The van der Waals surface area contributed by atoms with Crippen LogP contribution in [0.2, 0.25) is 0 Å². The number of carbonyl (C=O) groups is 1. The van der Waals surface area contributed by atoms with Crippen molar-refractivity contribution in [3.63, 3.8) is 0 Å². The van der Waals surface area contributed by atoms with Crippen LogP contribution >= 0.6 is 11.8 Å². The number of aromatic nitrogens is 2. The average molecular weight is 286 g/mol. The molecular formula is C15H14N2O2S. The van der Waals surface area contributed by atoms with E-state index in [2.05, 4.69) is 9.97 Å². The van der Waals surface area contributed by atoms with E-state index in [1.165, 1.54) is 17.8 Å². The molecular weight excluding hydrogens is 272 g/mol. The van der Waals surface area contributed by atoms with Gasteiger partial charge in [0.2, 0.25) is 0 Å². The Hall–Kier alpha value is -2.14. The second-order valence-corrected chi connectivity index (χ2v) is 4.87. The van der Waals surface area contributed by atoms with E-state index in [-0.39, 0.29) is 5.78 Å². The van der Waals surface area contributed by atoms with E-state index in [9.17, 15) is 4.79 Å². The lowest BCUT2D eigenvalue weighted by Gasteiger charge is -2.00. The monoisotopic (exact) mass is 286 g/mol. The fourth-order valence-corrected chi connectivity index (χ4v) is 2.12. The summed E-state index contributed by atoms with van der Waals surface area (Å²) in [5.74, 6) is 0.667. The number of hydrogen-bond donors (Lipinski definition) is 0. The molecule has 0 aliphatic heterocycles. The molecule has 0 amide bonds. The van der Waals surface area contributed by atoms with Gasteiger partial charge in [0.1, 0.15) is 5.75 Å². The van der Waals surface area contributed by atoms with Crippen LogP contribution in [0.4, 0.5) is 0 Å². The maximum atomic E-state index is 11.9. The van der Waals surface area contributed by atoms with E-state index in [4.69, 9.17) is 4.74 Å². The number of thioether (sulfide) groups is 1. The first-order chi connectivity index (χ1) is 9.69. The zero-order valence-electron chi connectivity index (χ0n) is 11.2. The number of aryl methyl sites for hydroxylation is 1. The van der Waals surface area contributed by atoms with Gasteiger partial charge in [-0.2, -0.15) is 0 Å². The fourth-order valence-electron chi connectivity index (χ4n) is 1.49. The third-order valence-electron chi connectivity index (χ3n) is 2.54. The van der Waals surface area contributed by atoms with Crippen LogP contribution < -0.4 is 4.74 Å². The summed E-state index contributed by atoms with van der Waals surface area (Å²) in [7, 11) is 1.59. The number of benzene rings is 1. The predicted octanol–water partition coefficient (Wildman–Crippen LogP) is 3.28. The Bertz CT molecular complexity index is 624. The molecule has 20 heavy (non-hydrogen) atoms. The third kappa shape index (κ3) is 3.93. The molecule has 5 heteroatoms. The van der Waals surface area contributed by atoms with Crippen LogP contribution in [0.5, 0.6) is 5.75 Å². The van der Waals surface area contributed by atoms with Crippen molar-refractivity contribution in [2.24, 2.45) is 0 Å². The largest absolute Gasteiger partial charge is 0.497 e. The fraction of sp³-hybridized carbons (Fsp3) is 0.133. The highest BCUT2D eigenvalue weighted by molar-refractivity contribution is 8.02.